The van der Waals surface area contributed by atoms with E-state index < -0.39 is 17.5 Å². The van der Waals surface area contributed by atoms with E-state index in [4.69, 9.17) is 16.3 Å². The highest BCUT2D eigenvalue weighted by Crippen LogP contribution is 2.87. The van der Waals surface area contributed by atoms with Crippen LogP contribution in [-0.4, -0.2) is 40.9 Å². The number of carbonyl (C=O) groups is 2. The van der Waals surface area contributed by atoms with Crippen molar-refractivity contribution < 1.29 is 24.5 Å². The standard InChI is InChI=1S/C45H66ClNO5/c1-28(2)31-15-18-44(34(48)26-47-25-29-9-11-30(46)12-10-29)21-19-40(5)32(38(31)44)13-14-33-41(40,6)20-22-45-27-43(45,8)35(16-17-42(33,45)7)52-37(51)24-39(3,4)23-36(49)50/h9-12,28,32-35,47-48H,13-27H2,1-8H3,(H,49,50)/t32-,33+,34-,35+,40-,41-,42-,43?,44-,45+/m1/s1. The van der Waals surface area contributed by atoms with E-state index >= 15 is 0 Å². The molecule has 3 N–H and O–H groups in total. The number of hydrogen-bond acceptors (Lipinski definition) is 5. The van der Waals surface area contributed by atoms with Gasteiger partial charge in [0.05, 0.1) is 18.9 Å². The number of carboxylic acids is 1. The van der Waals surface area contributed by atoms with Gasteiger partial charge in [-0.15, -0.1) is 0 Å². The molecular formula is C45H66ClNO5. The van der Waals surface area contributed by atoms with Crippen molar-refractivity contribution in [2.75, 3.05) is 6.54 Å². The summed E-state index contributed by atoms with van der Waals surface area (Å²) in [7, 11) is 0. The van der Waals surface area contributed by atoms with Gasteiger partial charge >= 0.3 is 11.9 Å². The van der Waals surface area contributed by atoms with E-state index in [1.165, 1.54) is 37.7 Å². The molecule has 1 unspecified atom stereocenters. The van der Waals surface area contributed by atoms with Gasteiger partial charge < -0.3 is 20.3 Å². The molecule has 0 bridgehead atoms. The van der Waals surface area contributed by atoms with E-state index in [-0.39, 0.29) is 57.4 Å². The second-order valence-corrected chi connectivity index (χ2v) is 21.0. The Bertz CT molecular complexity index is 1620. The van der Waals surface area contributed by atoms with Crippen LogP contribution in [0.5, 0.6) is 0 Å². The molecule has 0 amide bonds. The monoisotopic (exact) mass is 735 g/mol. The molecule has 0 radical (unpaired) electrons. The average Bonchev–Trinajstić information content (AvgIpc) is 3.50. The number of halogens is 1. The Balaban J connectivity index is 1.11. The van der Waals surface area contributed by atoms with Crippen LogP contribution in [0, 0.1) is 55.7 Å². The molecule has 5 fully saturated rings. The summed E-state index contributed by atoms with van der Waals surface area (Å²) in [5.41, 5.74) is 4.44. The Hall–Kier alpha value is -1.89. The molecule has 52 heavy (non-hydrogen) atoms. The number of fused-ring (bicyclic) bond motifs is 6. The number of benzene rings is 1. The number of hydrogen-bond donors (Lipinski definition) is 3. The molecule has 0 saturated heterocycles. The Morgan fingerprint density at radius 3 is 2.27 bits per heavy atom. The van der Waals surface area contributed by atoms with Crippen LogP contribution in [0.25, 0.3) is 0 Å². The Labute approximate surface area is 318 Å². The maximum atomic E-state index is 13.3. The number of nitrogens with one attached hydrogen (secondary N) is 1. The third-order valence-corrected chi connectivity index (χ3v) is 17.6. The van der Waals surface area contributed by atoms with Crippen LogP contribution in [0.1, 0.15) is 144 Å². The number of carbonyl (C=O) groups excluding carboxylic acids is 1. The third-order valence-electron chi connectivity index (χ3n) is 17.4. The SMILES string of the molecule is CC(C)C1=C2[C@H]3CC[C@@H]4[C@@]5(C)CC[C@H](OC(=O)CC(C)(C)CC(=O)O)C6(C)C[C@]65CC[C@@]4(C)[C@]3(C)CC[C@@]2([C@H](O)CNCc2ccc(Cl)cc2)CC1. The molecule has 7 rings (SSSR count). The highest BCUT2D eigenvalue weighted by atomic mass is 35.5. The van der Waals surface area contributed by atoms with Gasteiger partial charge in [0.1, 0.15) is 6.10 Å². The first-order valence-electron chi connectivity index (χ1n) is 20.6. The molecule has 6 nitrogen and oxygen atoms in total. The number of rotatable bonds is 11. The van der Waals surface area contributed by atoms with E-state index in [2.05, 4.69) is 59.0 Å². The minimum absolute atomic E-state index is 0.0185. The predicted octanol–water partition coefficient (Wildman–Crippen LogP) is 10.1. The van der Waals surface area contributed by atoms with Crippen LogP contribution in [-0.2, 0) is 20.9 Å². The molecule has 0 aromatic heterocycles. The zero-order valence-electron chi connectivity index (χ0n) is 33.3. The molecule has 6 aliphatic carbocycles. The van der Waals surface area contributed by atoms with Crippen LogP contribution in [0.2, 0.25) is 5.02 Å². The minimum atomic E-state index is -0.875. The first-order chi connectivity index (χ1) is 24.3. The topological polar surface area (TPSA) is 95.9 Å². The van der Waals surface area contributed by atoms with Crippen molar-refractivity contribution in [2.24, 2.45) is 55.7 Å². The van der Waals surface area contributed by atoms with Crippen molar-refractivity contribution in [1.29, 1.82) is 0 Å². The van der Waals surface area contributed by atoms with Gasteiger partial charge in [-0.05, 0) is 133 Å². The zero-order chi connectivity index (χ0) is 37.7. The summed E-state index contributed by atoms with van der Waals surface area (Å²) >= 11 is 6.13. The van der Waals surface area contributed by atoms with Crippen LogP contribution in [0.4, 0.5) is 0 Å². The van der Waals surface area contributed by atoms with Crippen LogP contribution >= 0.6 is 11.6 Å². The Morgan fingerprint density at radius 1 is 0.904 bits per heavy atom. The van der Waals surface area contributed by atoms with Gasteiger partial charge in [0.15, 0.2) is 0 Å². The van der Waals surface area contributed by atoms with Gasteiger partial charge in [0, 0.05) is 28.9 Å². The van der Waals surface area contributed by atoms with E-state index in [9.17, 15) is 19.8 Å². The summed E-state index contributed by atoms with van der Waals surface area (Å²) < 4.78 is 6.32. The van der Waals surface area contributed by atoms with Crippen molar-refractivity contribution in [3.63, 3.8) is 0 Å². The summed E-state index contributed by atoms with van der Waals surface area (Å²) in [6.07, 6.45) is 12.0. The van der Waals surface area contributed by atoms with Gasteiger partial charge in [0.25, 0.3) is 0 Å². The van der Waals surface area contributed by atoms with Gasteiger partial charge in [0.2, 0.25) is 0 Å². The maximum Gasteiger partial charge on any atom is 0.306 e. The van der Waals surface area contributed by atoms with Gasteiger partial charge in [-0.3, -0.25) is 9.59 Å². The predicted molar refractivity (Wildman–Crippen MR) is 207 cm³/mol. The third kappa shape index (κ3) is 5.60. The average molecular weight is 736 g/mol. The Kier molecular flexibility index (Phi) is 9.47. The molecule has 7 heteroatoms. The molecule has 1 spiro atoms. The van der Waals surface area contributed by atoms with Crippen molar-refractivity contribution in [1.82, 2.24) is 5.32 Å². The summed E-state index contributed by atoms with van der Waals surface area (Å²) in [5.74, 6) is 0.496. The summed E-state index contributed by atoms with van der Waals surface area (Å²) in [6.45, 7) is 20.1. The van der Waals surface area contributed by atoms with E-state index in [0.29, 0.717) is 24.3 Å². The molecule has 5 saturated carbocycles. The zero-order valence-corrected chi connectivity index (χ0v) is 34.1. The van der Waals surface area contributed by atoms with Crippen molar-refractivity contribution in [3.05, 3.63) is 46.0 Å². The fourth-order valence-electron chi connectivity index (χ4n) is 14.4. The maximum absolute atomic E-state index is 13.3. The highest BCUT2D eigenvalue weighted by Gasteiger charge is 2.82. The summed E-state index contributed by atoms with van der Waals surface area (Å²) in [4.78, 5) is 24.7. The van der Waals surface area contributed by atoms with Gasteiger partial charge in [-0.1, -0.05) is 90.3 Å². The lowest BCUT2D eigenvalue weighted by Gasteiger charge is -2.71. The van der Waals surface area contributed by atoms with E-state index in [0.717, 1.165) is 50.1 Å². The number of aliphatic carboxylic acids is 1. The summed E-state index contributed by atoms with van der Waals surface area (Å²) in [6, 6.07) is 8.00. The smallest absolute Gasteiger partial charge is 0.306 e. The molecule has 288 valence electrons. The lowest BCUT2D eigenvalue weighted by Crippen LogP contribution is -2.65. The van der Waals surface area contributed by atoms with E-state index in [1.54, 1.807) is 11.1 Å². The second-order valence-electron chi connectivity index (χ2n) is 20.6. The molecule has 0 aliphatic heterocycles. The minimum Gasteiger partial charge on any atom is -0.481 e. The molecule has 1 aromatic carbocycles. The fraction of sp³-hybridized carbons (Fsp3) is 0.778. The molecule has 1 aromatic rings. The molecular weight excluding hydrogens is 670 g/mol. The lowest BCUT2D eigenvalue weighted by molar-refractivity contribution is -0.220. The number of esters is 1. The van der Waals surface area contributed by atoms with Crippen molar-refractivity contribution in [2.45, 2.75) is 158 Å². The number of allylic oxidation sites excluding steroid dienone is 1. The fourth-order valence-corrected chi connectivity index (χ4v) is 14.6. The van der Waals surface area contributed by atoms with Crippen molar-refractivity contribution >= 4 is 23.5 Å². The first-order valence-corrected chi connectivity index (χ1v) is 20.9. The molecule has 10 atom stereocenters. The normalized spacial score (nSPS) is 41.3. The molecule has 0 heterocycles. The summed E-state index contributed by atoms with van der Waals surface area (Å²) in [5, 5.41) is 25.9. The van der Waals surface area contributed by atoms with Crippen LogP contribution < -0.4 is 5.32 Å². The number of carboxylic acid groups (broad SMARTS) is 1. The lowest BCUT2D eigenvalue weighted by atomic mass is 9.33. The Morgan fingerprint density at radius 2 is 1.60 bits per heavy atom. The van der Waals surface area contributed by atoms with Gasteiger partial charge in [-0.2, -0.15) is 0 Å². The largest absolute Gasteiger partial charge is 0.481 e. The second kappa shape index (κ2) is 12.8. The van der Waals surface area contributed by atoms with E-state index in [1.807, 2.05) is 26.0 Å². The van der Waals surface area contributed by atoms with Crippen LogP contribution in [0.3, 0.4) is 0 Å². The van der Waals surface area contributed by atoms with Gasteiger partial charge in [-0.25, -0.2) is 0 Å². The number of aliphatic hydroxyl groups excluding tert-OH is 1. The first kappa shape index (κ1) is 38.4. The van der Waals surface area contributed by atoms with Crippen LogP contribution in [0.15, 0.2) is 35.4 Å². The highest BCUT2D eigenvalue weighted by molar-refractivity contribution is 6.30. The quantitative estimate of drug-likeness (QED) is 0.155. The molecule has 6 aliphatic rings. The van der Waals surface area contributed by atoms with Crippen molar-refractivity contribution in [3.8, 4) is 0 Å². The number of ether oxygens (including phenoxy) is 1. The number of aliphatic hydroxyl groups is 1.